The molecule has 0 aliphatic carbocycles. The Morgan fingerprint density at radius 2 is 2.00 bits per heavy atom. The van der Waals surface area contributed by atoms with Crippen molar-refractivity contribution < 1.29 is 13.6 Å². The number of hydrogen-bond acceptors (Lipinski definition) is 2. The van der Waals surface area contributed by atoms with E-state index in [-0.39, 0.29) is 5.56 Å². The van der Waals surface area contributed by atoms with Gasteiger partial charge in [0, 0.05) is 30.8 Å². The SMILES string of the molecule is CC(C)N1CCC[C@@H](CNC(=O)c2cc(F)cc(F)c2)C1. The summed E-state index contributed by atoms with van der Waals surface area (Å²) in [6.07, 6.45) is 2.19. The summed E-state index contributed by atoms with van der Waals surface area (Å²) in [5, 5.41) is 2.78. The van der Waals surface area contributed by atoms with Gasteiger partial charge in [-0.2, -0.15) is 0 Å². The molecule has 1 atom stereocenters. The van der Waals surface area contributed by atoms with Crippen LogP contribution in [0, 0.1) is 17.6 Å². The molecule has 1 aromatic carbocycles. The molecule has 1 saturated heterocycles. The molecular formula is C16H22F2N2O. The summed E-state index contributed by atoms with van der Waals surface area (Å²) in [5.41, 5.74) is 0.0315. The lowest BCUT2D eigenvalue weighted by atomic mass is 9.97. The van der Waals surface area contributed by atoms with Crippen LogP contribution in [0.3, 0.4) is 0 Å². The Morgan fingerprint density at radius 1 is 1.33 bits per heavy atom. The fourth-order valence-electron chi connectivity index (χ4n) is 2.76. The van der Waals surface area contributed by atoms with Gasteiger partial charge in [-0.3, -0.25) is 4.79 Å². The Bertz CT molecular complexity index is 485. The standard InChI is InChI=1S/C16H22F2N2O/c1-11(2)20-5-3-4-12(10-20)9-19-16(21)13-6-14(17)8-15(18)7-13/h6-8,11-12H,3-5,9-10H2,1-2H3,(H,19,21)/t12-/m0/s1. The molecule has 3 nitrogen and oxygen atoms in total. The number of piperidine rings is 1. The molecule has 5 heteroatoms. The summed E-state index contributed by atoms with van der Waals surface area (Å²) in [6, 6.07) is 3.37. The van der Waals surface area contributed by atoms with Crippen molar-refractivity contribution in [2.24, 2.45) is 5.92 Å². The molecule has 1 N–H and O–H groups in total. The van der Waals surface area contributed by atoms with Crippen LogP contribution >= 0.6 is 0 Å². The van der Waals surface area contributed by atoms with Crippen LogP contribution in [-0.4, -0.2) is 36.5 Å². The van der Waals surface area contributed by atoms with Crippen LogP contribution in [0.15, 0.2) is 18.2 Å². The maximum atomic E-state index is 13.1. The molecule has 0 radical (unpaired) electrons. The van der Waals surface area contributed by atoms with E-state index < -0.39 is 17.5 Å². The summed E-state index contributed by atoms with van der Waals surface area (Å²) >= 11 is 0. The Kier molecular flexibility index (Phi) is 5.28. The first kappa shape index (κ1) is 15.9. The van der Waals surface area contributed by atoms with Gasteiger partial charge >= 0.3 is 0 Å². The number of hydrogen-bond donors (Lipinski definition) is 1. The van der Waals surface area contributed by atoms with Gasteiger partial charge in [-0.05, 0) is 51.3 Å². The molecule has 0 unspecified atom stereocenters. The minimum absolute atomic E-state index is 0.0315. The van der Waals surface area contributed by atoms with Gasteiger partial charge in [0.1, 0.15) is 11.6 Å². The van der Waals surface area contributed by atoms with Gasteiger partial charge in [0.2, 0.25) is 0 Å². The second-order valence-electron chi connectivity index (χ2n) is 5.97. The maximum Gasteiger partial charge on any atom is 0.251 e. The van der Waals surface area contributed by atoms with Crippen molar-refractivity contribution in [3.63, 3.8) is 0 Å². The number of halogens is 2. The van der Waals surface area contributed by atoms with Crippen molar-refractivity contribution in [1.82, 2.24) is 10.2 Å². The molecule has 1 heterocycles. The maximum absolute atomic E-state index is 13.1. The van der Waals surface area contributed by atoms with Crippen molar-refractivity contribution >= 4 is 5.91 Å². The van der Waals surface area contributed by atoms with E-state index in [4.69, 9.17) is 0 Å². The second-order valence-corrected chi connectivity index (χ2v) is 5.97. The second kappa shape index (κ2) is 6.98. The van der Waals surface area contributed by atoms with Gasteiger partial charge in [-0.15, -0.1) is 0 Å². The van der Waals surface area contributed by atoms with Gasteiger partial charge in [0.15, 0.2) is 0 Å². The third-order valence-electron chi connectivity index (χ3n) is 3.96. The number of rotatable bonds is 4. The molecule has 21 heavy (non-hydrogen) atoms. The third-order valence-corrected chi connectivity index (χ3v) is 3.96. The molecule has 1 amide bonds. The van der Waals surface area contributed by atoms with Crippen molar-refractivity contribution in [2.75, 3.05) is 19.6 Å². The average Bonchev–Trinajstić information content (AvgIpc) is 2.44. The molecule has 116 valence electrons. The Labute approximate surface area is 124 Å². The highest BCUT2D eigenvalue weighted by molar-refractivity contribution is 5.94. The van der Waals surface area contributed by atoms with Crippen molar-refractivity contribution in [3.8, 4) is 0 Å². The van der Waals surface area contributed by atoms with E-state index >= 15 is 0 Å². The minimum Gasteiger partial charge on any atom is -0.352 e. The van der Waals surface area contributed by atoms with Gasteiger partial charge in [-0.1, -0.05) is 0 Å². The van der Waals surface area contributed by atoms with E-state index in [0.717, 1.165) is 44.1 Å². The lowest BCUT2D eigenvalue weighted by Gasteiger charge is -2.35. The molecule has 0 spiro atoms. The monoisotopic (exact) mass is 296 g/mol. The number of nitrogens with one attached hydrogen (secondary N) is 1. The Balaban J connectivity index is 1.89. The predicted molar refractivity (Wildman–Crippen MR) is 78.1 cm³/mol. The van der Waals surface area contributed by atoms with Crippen LogP contribution in [0.5, 0.6) is 0 Å². The highest BCUT2D eigenvalue weighted by Crippen LogP contribution is 2.18. The van der Waals surface area contributed by atoms with Gasteiger partial charge in [-0.25, -0.2) is 8.78 Å². The molecule has 1 aliphatic heterocycles. The molecule has 1 aliphatic rings. The molecule has 1 fully saturated rings. The first-order chi connectivity index (χ1) is 9.95. The van der Waals surface area contributed by atoms with Crippen molar-refractivity contribution in [1.29, 1.82) is 0 Å². The lowest BCUT2D eigenvalue weighted by Crippen LogP contribution is -2.43. The Morgan fingerprint density at radius 3 is 2.62 bits per heavy atom. The normalized spacial score (nSPS) is 19.8. The first-order valence-corrected chi connectivity index (χ1v) is 7.44. The highest BCUT2D eigenvalue weighted by atomic mass is 19.1. The smallest absolute Gasteiger partial charge is 0.251 e. The third kappa shape index (κ3) is 4.49. The number of carbonyl (C=O) groups excluding carboxylic acids is 1. The quantitative estimate of drug-likeness (QED) is 0.926. The molecule has 0 saturated carbocycles. The van der Waals surface area contributed by atoms with Gasteiger partial charge in [0.25, 0.3) is 5.91 Å². The Hall–Kier alpha value is -1.49. The molecule has 0 bridgehead atoms. The van der Waals surface area contributed by atoms with Crippen LogP contribution in [0.1, 0.15) is 37.0 Å². The van der Waals surface area contributed by atoms with E-state index in [1.165, 1.54) is 0 Å². The van der Waals surface area contributed by atoms with E-state index in [9.17, 15) is 13.6 Å². The van der Waals surface area contributed by atoms with Crippen LogP contribution in [0.4, 0.5) is 8.78 Å². The van der Waals surface area contributed by atoms with Crippen molar-refractivity contribution in [3.05, 3.63) is 35.4 Å². The van der Waals surface area contributed by atoms with Crippen LogP contribution in [-0.2, 0) is 0 Å². The fraction of sp³-hybridized carbons (Fsp3) is 0.562. The van der Waals surface area contributed by atoms with E-state index in [2.05, 4.69) is 24.1 Å². The highest BCUT2D eigenvalue weighted by Gasteiger charge is 2.22. The lowest BCUT2D eigenvalue weighted by molar-refractivity contribution is 0.0921. The number of carbonyl (C=O) groups is 1. The summed E-state index contributed by atoms with van der Waals surface area (Å²) in [5.74, 6) is -1.49. The number of likely N-dealkylation sites (tertiary alicyclic amines) is 1. The zero-order valence-corrected chi connectivity index (χ0v) is 12.5. The van der Waals surface area contributed by atoms with E-state index in [1.54, 1.807) is 0 Å². The van der Waals surface area contributed by atoms with Crippen molar-refractivity contribution in [2.45, 2.75) is 32.7 Å². The minimum atomic E-state index is -0.733. The molecule has 2 rings (SSSR count). The molecular weight excluding hydrogens is 274 g/mol. The topological polar surface area (TPSA) is 32.3 Å². The zero-order chi connectivity index (χ0) is 15.4. The fourth-order valence-corrected chi connectivity index (χ4v) is 2.76. The molecule has 0 aromatic heterocycles. The average molecular weight is 296 g/mol. The predicted octanol–water partition coefficient (Wildman–Crippen LogP) is 2.82. The van der Waals surface area contributed by atoms with Gasteiger partial charge in [0.05, 0.1) is 0 Å². The van der Waals surface area contributed by atoms with Crippen LogP contribution in [0.25, 0.3) is 0 Å². The first-order valence-electron chi connectivity index (χ1n) is 7.44. The summed E-state index contributed by atoms with van der Waals surface area (Å²) in [7, 11) is 0. The molecule has 1 aromatic rings. The number of benzene rings is 1. The summed E-state index contributed by atoms with van der Waals surface area (Å²) in [4.78, 5) is 14.3. The largest absolute Gasteiger partial charge is 0.352 e. The summed E-state index contributed by atoms with van der Waals surface area (Å²) in [6.45, 7) is 6.92. The van der Waals surface area contributed by atoms with Crippen LogP contribution in [0.2, 0.25) is 0 Å². The van der Waals surface area contributed by atoms with E-state index in [0.29, 0.717) is 18.5 Å². The van der Waals surface area contributed by atoms with Gasteiger partial charge < -0.3 is 10.2 Å². The zero-order valence-electron chi connectivity index (χ0n) is 12.5. The van der Waals surface area contributed by atoms with E-state index in [1.807, 2.05) is 0 Å². The summed E-state index contributed by atoms with van der Waals surface area (Å²) < 4.78 is 26.2. The number of amides is 1. The number of nitrogens with zero attached hydrogens (tertiary/aromatic N) is 1. The van der Waals surface area contributed by atoms with Crippen LogP contribution < -0.4 is 5.32 Å².